The van der Waals surface area contributed by atoms with E-state index in [9.17, 15) is 22.4 Å². The van der Waals surface area contributed by atoms with E-state index in [4.69, 9.17) is 4.74 Å². The zero-order chi connectivity index (χ0) is 15.6. The third-order valence-corrected chi connectivity index (χ3v) is 1.93. The molecular weight excluding hydrogens is 280 g/mol. The Morgan fingerprint density at radius 1 is 1.15 bits per heavy atom. The fourth-order valence-electron chi connectivity index (χ4n) is 1.25. The molecule has 1 rings (SSSR count). The van der Waals surface area contributed by atoms with E-state index in [0.29, 0.717) is 12.1 Å². The largest absolute Gasteiger partial charge is 0.443 e. The molecule has 0 saturated heterocycles. The fourth-order valence-corrected chi connectivity index (χ4v) is 1.25. The van der Waals surface area contributed by atoms with Crippen LogP contribution in [0.25, 0.3) is 0 Å². The first-order valence-electron chi connectivity index (χ1n) is 5.60. The predicted octanol–water partition coefficient (Wildman–Crippen LogP) is 3.70. The van der Waals surface area contributed by atoms with Gasteiger partial charge in [-0.1, -0.05) is 0 Å². The van der Waals surface area contributed by atoms with Gasteiger partial charge in [-0.15, -0.1) is 0 Å². The molecular formula is C12H14F4N2O2. The Hall–Kier alpha value is -1.99. The minimum atomic E-state index is -4.68. The number of benzene rings is 1. The van der Waals surface area contributed by atoms with E-state index in [-0.39, 0.29) is 5.69 Å². The molecule has 2 N–H and O–H groups in total. The maximum atomic E-state index is 13.1. The van der Waals surface area contributed by atoms with Crippen LogP contribution in [-0.2, 0) is 10.9 Å². The van der Waals surface area contributed by atoms with Crippen molar-refractivity contribution in [3.63, 3.8) is 0 Å². The van der Waals surface area contributed by atoms with Gasteiger partial charge in [-0.05, 0) is 39.0 Å². The molecule has 0 radical (unpaired) electrons. The lowest BCUT2D eigenvalue weighted by Gasteiger charge is -2.20. The van der Waals surface area contributed by atoms with Crippen molar-refractivity contribution in [2.24, 2.45) is 0 Å². The molecule has 0 spiro atoms. The summed E-state index contributed by atoms with van der Waals surface area (Å²) in [5.74, 6) is -1.08. The van der Waals surface area contributed by atoms with E-state index in [0.717, 1.165) is 6.07 Å². The van der Waals surface area contributed by atoms with Gasteiger partial charge in [0.1, 0.15) is 11.4 Å². The first-order chi connectivity index (χ1) is 8.97. The van der Waals surface area contributed by atoms with Gasteiger partial charge in [0.15, 0.2) is 0 Å². The van der Waals surface area contributed by atoms with Crippen molar-refractivity contribution >= 4 is 11.8 Å². The second-order valence-electron chi connectivity index (χ2n) is 4.98. The molecule has 20 heavy (non-hydrogen) atoms. The van der Waals surface area contributed by atoms with Crippen LogP contribution in [0.15, 0.2) is 18.2 Å². The maximum Gasteiger partial charge on any atom is 0.426 e. The maximum absolute atomic E-state index is 13.1. The van der Waals surface area contributed by atoms with E-state index in [1.165, 1.54) is 0 Å². The van der Waals surface area contributed by atoms with Gasteiger partial charge < -0.3 is 4.74 Å². The summed E-state index contributed by atoms with van der Waals surface area (Å²) in [4.78, 5) is 11.3. The molecule has 8 heteroatoms. The summed E-state index contributed by atoms with van der Waals surface area (Å²) in [6.07, 6.45) is -5.57. The molecule has 0 fully saturated rings. The highest BCUT2D eigenvalue weighted by Gasteiger charge is 2.31. The molecule has 4 nitrogen and oxygen atoms in total. The summed E-state index contributed by atoms with van der Waals surface area (Å²) < 4.78 is 55.3. The highest BCUT2D eigenvalue weighted by molar-refractivity contribution is 5.69. The van der Waals surface area contributed by atoms with Gasteiger partial charge in [-0.2, -0.15) is 13.2 Å². The van der Waals surface area contributed by atoms with Crippen molar-refractivity contribution in [1.29, 1.82) is 0 Å². The molecule has 1 aromatic carbocycles. The van der Waals surface area contributed by atoms with Crippen molar-refractivity contribution in [3.05, 3.63) is 29.6 Å². The van der Waals surface area contributed by atoms with Crippen LogP contribution in [-0.4, -0.2) is 11.7 Å². The minimum Gasteiger partial charge on any atom is -0.443 e. The fraction of sp³-hybridized carbons (Fsp3) is 0.417. The summed E-state index contributed by atoms with van der Waals surface area (Å²) in [7, 11) is 0. The summed E-state index contributed by atoms with van der Waals surface area (Å²) in [6.45, 7) is 4.86. The number of carbonyl (C=O) groups excluding carboxylic acids is 1. The van der Waals surface area contributed by atoms with Gasteiger partial charge in [-0.25, -0.2) is 14.6 Å². The van der Waals surface area contributed by atoms with Crippen LogP contribution in [0.1, 0.15) is 26.3 Å². The van der Waals surface area contributed by atoms with E-state index >= 15 is 0 Å². The van der Waals surface area contributed by atoms with Crippen molar-refractivity contribution in [1.82, 2.24) is 5.43 Å². The summed E-state index contributed by atoms with van der Waals surface area (Å²) >= 11 is 0. The average Bonchev–Trinajstić information content (AvgIpc) is 2.22. The van der Waals surface area contributed by atoms with Crippen molar-refractivity contribution in [2.75, 3.05) is 5.43 Å². The second kappa shape index (κ2) is 5.56. The molecule has 0 saturated carbocycles. The summed E-state index contributed by atoms with van der Waals surface area (Å²) in [6, 6.07) is 1.84. The molecule has 0 aliphatic heterocycles. The lowest BCUT2D eigenvalue weighted by Crippen LogP contribution is -2.35. The molecule has 0 aliphatic carbocycles. The Kier molecular flexibility index (Phi) is 4.46. The van der Waals surface area contributed by atoms with Crippen LogP contribution in [0.2, 0.25) is 0 Å². The van der Waals surface area contributed by atoms with Gasteiger partial charge in [0.05, 0.1) is 11.3 Å². The third-order valence-electron chi connectivity index (χ3n) is 1.93. The number of alkyl halides is 3. The van der Waals surface area contributed by atoms with Gasteiger partial charge in [0, 0.05) is 0 Å². The minimum absolute atomic E-state index is 0.247. The zero-order valence-corrected chi connectivity index (χ0v) is 11.1. The van der Waals surface area contributed by atoms with Crippen molar-refractivity contribution in [3.8, 4) is 0 Å². The highest BCUT2D eigenvalue weighted by atomic mass is 19.4. The number of nitrogens with one attached hydrogen (secondary N) is 2. The van der Waals surface area contributed by atoms with Crippen LogP contribution in [0, 0.1) is 5.82 Å². The molecule has 0 atom stereocenters. The number of rotatable bonds is 2. The summed E-state index contributed by atoms with van der Waals surface area (Å²) in [5.41, 5.74) is 2.00. The van der Waals surface area contributed by atoms with E-state index in [1.54, 1.807) is 20.8 Å². The molecule has 0 aliphatic rings. The number of anilines is 1. The molecule has 1 aromatic rings. The highest BCUT2D eigenvalue weighted by Crippen LogP contribution is 2.31. The molecule has 0 unspecified atom stereocenters. The first-order valence-corrected chi connectivity index (χ1v) is 5.60. The standard InChI is InChI=1S/C12H14F4N2O2/c1-11(2,3)20-10(19)18-17-9-5-7(12(14,15)16)4-8(13)6-9/h4-6,17H,1-3H3,(H,18,19). The Morgan fingerprint density at radius 2 is 1.75 bits per heavy atom. The monoisotopic (exact) mass is 294 g/mol. The van der Waals surface area contributed by atoms with Crippen LogP contribution < -0.4 is 10.9 Å². The Bertz CT molecular complexity index is 495. The Labute approximate surface area is 113 Å². The second-order valence-corrected chi connectivity index (χ2v) is 4.98. The van der Waals surface area contributed by atoms with Crippen LogP contribution >= 0.6 is 0 Å². The predicted molar refractivity (Wildman–Crippen MR) is 64.4 cm³/mol. The smallest absolute Gasteiger partial charge is 0.426 e. The molecule has 0 aromatic heterocycles. The van der Waals surface area contributed by atoms with Crippen LogP contribution in [0.4, 0.5) is 28.0 Å². The quantitative estimate of drug-likeness (QED) is 0.646. The Morgan fingerprint density at radius 3 is 2.25 bits per heavy atom. The lowest BCUT2D eigenvalue weighted by atomic mass is 10.2. The third kappa shape index (κ3) is 5.33. The number of carbonyl (C=O) groups is 1. The van der Waals surface area contributed by atoms with E-state index in [2.05, 4.69) is 5.43 Å². The number of halogens is 4. The normalized spacial score (nSPS) is 11.9. The van der Waals surface area contributed by atoms with Crippen molar-refractivity contribution < 1.29 is 27.1 Å². The number of hydrogen-bond acceptors (Lipinski definition) is 3. The van der Waals surface area contributed by atoms with Crippen LogP contribution in [0.3, 0.4) is 0 Å². The van der Waals surface area contributed by atoms with E-state index in [1.807, 2.05) is 5.43 Å². The number of ether oxygens (including phenoxy) is 1. The SMILES string of the molecule is CC(C)(C)OC(=O)NNc1cc(F)cc(C(F)(F)F)c1. The Balaban J connectivity index is 2.74. The first kappa shape index (κ1) is 16.1. The number of hydrazine groups is 1. The van der Waals surface area contributed by atoms with Gasteiger partial charge in [0.25, 0.3) is 0 Å². The summed E-state index contributed by atoms with van der Waals surface area (Å²) in [5, 5.41) is 0. The van der Waals surface area contributed by atoms with Crippen LogP contribution in [0.5, 0.6) is 0 Å². The van der Waals surface area contributed by atoms with E-state index < -0.39 is 29.3 Å². The number of amides is 1. The topological polar surface area (TPSA) is 50.4 Å². The molecule has 0 heterocycles. The van der Waals surface area contributed by atoms with Crippen molar-refractivity contribution in [2.45, 2.75) is 32.5 Å². The average molecular weight is 294 g/mol. The van der Waals surface area contributed by atoms with Gasteiger partial charge in [-0.3, -0.25) is 5.43 Å². The molecule has 0 bridgehead atoms. The van der Waals surface area contributed by atoms with Gasteiger partial charge in [0.2, 0.25) is 0 Å². The number of hydrogen-bond donors (Lipinski definition) is 2. The zero-order valence-electron chi connectivity index (χ0n) is 11.1. The lowest BCUT2D eigenvalue weighted by molar-refractivity contribution is -0.137. The molecule has 1 amide bonds. The van der Waals surface area contributed by atoms with Gasteiger partial charge >= 0.3 is 12.3 Å². The molecule has 112 valence electrons.